The van der Waals surface area contributed by atoms with Crippen molar-refractivity contribution in [2.45, 2.75) is 25.8 Å². The molecule has 6 nitrogen and oxygen atoms in total. The fourth-order valence-electron chi connectivity index (χ4n) is 3.03. The summed E-state index contributed by atoms with van der Waals surface area (Å²) in [5.74, 6) is 2.93. The van der Waals surface area contributed by atoms with Gasteiger partial charge in [-0.25, -0.2) is 9.38 Å². The molecular formula is C22H31FIN3O3S. The molecule has 0 aliphatic heterocycles. The lowest BCUT2D eigenvalue weighted by Crippen LogP contribution is -2.37. The van der Waals surface area contributed by atoms with Crippen LogP contribution >= 0.6 is 35.7 Å². The number of thioether (sulfide) groups is 1. The topological polar surface area (TPSA) is 64.1 Å². The first-order chi connectivity index (χ1) is 14.6. The third-order valence-corrected chi connectivity index (χ3v) is 5.05. The molecule has 0 heterocycles. The summed E-state index contributed by atoms with van der Waals surface area (Å²) in [6.45, 7) is 3.66. The predicted molar refractivity (Wildman–Crippen MR) is 137 cm³/mol. The van der Waals surface area contributed by atoms with E-state index in [1.54, 1.807) is 39.2 Å². The molecule has 2 N–H and O–H groups in total. The van der Waals surface area contributed by atoms with Crippen LogP contribution in [0, 0.1) is 5.82 Å². The van der Waals surface area contributed by atoms with Crippen molar-refractivity contribution in [1.29, 1.82) is 0 Å². The van der Waals surface area contributed by atoms with Crippen molar-refractivity contribution >= 4 is 41.7 Å². The molecule has 0 aliphatic carbocycles. The van der Waals surface area contributed by atoms with Gasteiger partial charge in [0.1, 0.15) is 5.82 Å². The van der Waals surface area contributed by atoms with E-state index >= 15 is 0 Å². The maximum atomic E-state index is 13.6. The molecular weight excluding hydrogens is 532 g/mol. The lowest BCUT2D eigenvalue weighted by molar-refractivity contribution is 0.322. The summed E-state index contributed by atoms with van der Waals surface area (Å²) in [6, 6.07) is 8.63. The highest BCUT2D eigenvalue weighted by atomic mass is 127. The number of methoxy groups -OCH3 is 3. The SMILES string of the molecule is CCNC(=NCc1ccc(OC)c(OC)c1OC)NCc1ccc(F)cc1CSC.I. The molecule has 172 valence electrons. The van der Waals surface area contributed by atoms with Crippen molar-refractivity contribution in [3.05, 3.63) is 52.8 Å². The van der Waals surface area contributed by atoms with Crippen LogP contribution < -0.4 is 24.8 Å². The number of ether oxygens (including phenoxy) is 3. The van der Waals surface area contributed by atoms with Crippen molar-refractivity contribution < 1.29 is 18.6 Å². The van der Waals surface area contributed by atoms with E-state index in [0.717, 1.165) is 29.0 Å². The molecule has 9 heteroatoms. The van der Waals surface area contributed by atoms with Gasteiger partial charge in [0.05, 0.1) is 27.9 Å². The molecule has 0 aromatic heterocycles. The van der Waals surface area contributed by atoms with Gasteiger partial charge in [-0.1, -0.05) is 6.07 Å². The zero-order chi connectivity index (χ0) is 21.9. The summed E-state index contributed by atoms with van der Waals surface area (Å²) in [5, 5.41) is 6.56. The first kappa shape index (κ1) is 27.2. The van der Waals surface area contributed by atoms with Gasteiger partial charge in [0.25, 0.3) is 0 Å². The smallest absolute Gasteiger partial charge is 0.203 e. The van der Waals surface area contributed by atoms with Crippen LogP contribution in [0.5, 0.6) is 17.2 Å². The zero-order valence-electron chi connectivity index (χ0n) is 18.6. The minimum atomic E-state index is -0.219. The fraction of sp³-hybridized carbons (Fsp3) is 0.409. The minimum Gasteiger partial charge on any atom is -0.493 e. The highest BCUT2D eigenvalue weighted by Gasteiger charge is 2.15. The molecule has 0 amide bonds. The van der Waals surface area contributed by atoms with Crippen LogP contribution in [0.4, 0.5) is 4.39 Å². The third-order valence-electron chi connectivity index (χ3n) is 4.45. The van der Waals surface area contributed by atoms with Gasteiger partial charge in [-0.2, -0.15) is 11.8 Å². The Morgan fingerprint density at radius 1 is 0.968 bits per heavy atom. The Bertz CT molecular complexity index is 868. The van der Waals surface area contributed by atoms with Gasteiger partial charge in [-0.3, -0.25) is 0 Å². The Morgan fingerprint density at radius 2 is 1.68 bits per heavy atom. The number of nitrogens with zero attached hydrogens (tertiary/aromatic N) is 1. The van der Waals surface area contributed by atoms with Crippen LogP contribution in [0.3, 0.4) is 0 Å². The largest absolute Gasteiger partial charge is 0.493 e. The van der Waals surface area contributed by atoms with E-state index in [9.17, 15) is 4.39 Å². The highest BCUT2D eigenvalue weighted by molar-refractivity contribution is 14.0. The Hall–Kier alpha value is -1.88. The molecule has 0 saturated heterocycles. The second-order valence-corrected chi connectivity index (χ2v) is 7.25. The molecule has 0 unspecified atom stereocenters. The first-order valence-corrected chi connectivity index (χ1v) is 11.0. The van der Waals surface area contributed by atoms with Crippen LogP contribution in [0.2, 0.25) is 0 Å². The number of hydrogen-bond acceptors (Lipinski definition) is 5. The van der Waals surface area contributed by atoms with E-state index in [-0.39, 0.29) is 29.8 Å². The zero-order valence-corrected chi connectivity index (χ0v) is 21.7. The van der Waals surface area contributed by atoms with Gasteiger partial charge >= 0.3 is 0 Å². The molecule has 0 spiro atoms. The second-order valence-electron chi connectivity index (χ2n) is 6.39. The summed E-state index contributed by atoms with van der Waals surface area (Å²) in [6.07, 6.45) is 2.00. The van der Waals surface area contributed by atoms with Gasteiger partial charge < -0.3 is 24.8 Å². The maximum Gasteiger partial charge on any atom is 0.203 e. The number of rotatable bonds is 10. The second kappa shape index (κ2) is 14.2. The quantitative estimate of drug-likeness (QED) is 0.251. The summed E-state index contributed by atoms with van der Waals surface area (Å²) < 4.78 is 29.9. The fourth-order valence-corrected chi connectivity index (χ4v) is 3.61. The van der Waals surface area contributed by atoms with Gasteiger partial charge in [-0.05, 0) is 48.6 Å². The molecule has 2 rings (SSSR count). The van der Waals surface area contributed by atoms with Crippen LogP contribution in [0.15, 0.2) is 35.3 Å². The van der Waals surface area contributed by atoms with Crippen LogP contribution in [0.1, 0.15) is 23.6 Å². The van der Waals surface area contributed by atoms with Crippen LogP contribution in [-0.2, 0) is 18.8 Å². The van der Waals surface area contributed by atoms with E-state index in [4.69, 9.17) is 14.2 Å². The van der Waals surface area contributed by atoms with E-state index in [1.165, 1.54) is 6.07 Å². The molecule has 2 aromatic rings. The summed E-state index contributed by atoms with van der Waals surface area (Å²) in [7, 11) is 4.76. The van der Waals surface area contributed by atoms with Crippen LogP contribution in [-0.4, -0.2) is 40.1 Å². The predicted octanol–water partition coefficient (Wildman–Crippen LogP) is 4.59. The number of benzene rings is 2. The normalized spacial score (nSPS) is 10.8. The average molecular weight is 563 g/mol. The van der Waals surface area contributed by atoms with Gasteiger partial charge in [0.2, 0.25) is 5.75 Å². The monoisotopic (exact) mass is 563 g/mol. The van der Waals surface area contributed by atoms with Gasteiger partial charge in [0, 0.05) is 24.4 Å². The number of guanidine groups is 1. The molecule has 2 aromatic carbocycles. The van der Waals surface area contributed by atoms with E-state index in [1.807, 2.05) is 31.4 Å². The lowest BCUT2D eigenvalue weighted by Gasteiger charge is -2.16. The molecule has 0 fully saturated rings. The molecule has 31 heavy (non-hydrogen) atoms. The highest BCUT2D eigenvalue weighted by Crippen LogP contribution is 2.39. The van der Waals surface area contributed by atoms with Gasteiger partial charge in [0.15, 0.2) is 17.5 Å². The van der Waals surface area contributed by atoms with E-state index in [2.05, 4.69) is 15.6 Å². The van der Waals surface area contributed by atoms with E-state index in [0.29, 0.717) is 36.3 Å². The summed E-state index contributed by atoms with van der Waals surface area (Å²) >= 11 is 1.66. The number of nitrogens with one attached hydrogen (secondary N) is 2. The minimum absolute atomic E-state index is 0. The molecule has 0 aliphatic rings. The van der Waals surface area contributed by atoms with Crippen molar-refractivity contribution in [1.82, 2.24) is 10.6 Å². The van der Waals surface area contributed by atoms with Crippen molar-refractivity contribution in [2.24, 2.45) is 4.99 Å². The molecule has 0 radical (unpaired) electrons. The van der Waals surface area contributed by atoms with Crippen LogP contribution in [0.25, 0.3) is 0 Å². The first-order valence-electron chi connectivity index (χ1n) is 9.64. The number of hydrogen-bond donors (Lipinski definition) is 2. The summed E-state index contributed by atoms with van der Waals surface area (Å²) in [4.78, 5) is 4.67. The van der Waals surface area contributed by atoms with Gasteiger partial charge in [-0.15, -0.1) is 24.0 Å². The Kier molecular flexibility index (Phi) is 12.5. The molecule has 0 bridgehead atoms. The number of aliphatic imine (C=N–C) groups is 1. The molecule has 0 atom stereocenters. The average Bonchev–Trinajstić information content (AvgIpc) is 2.76. The summed E-state index contributed by atoms with van der Waals surface area (Å²) in [5.41, 5.74) is 2.89. The Balaban J connectivity index is 0.00000480. The Labute approximate surface area is 205 Å². The third kappa shape index (κ3) is 7.64. The molecule has 0 saturated carbocycles. The van der Waals surface area contributed by atoms with Crippen molar-refractivity contribution in [3.8, 4) is 17.2 Å². The maximum absolute atomic E-state index is 13.6. The van der Waals surface area contributed by atoms with E-state index < -0.39 is 0 Å². The number of halogens is 2. The van der Waals surface area contributed by atoms with Crippen molar-refractivity contribution in [3.63, 3.8) is 0 Å². The Morgan fingerprint density at radius 3 is 2.29 bits per heavy atom. The van der Waals surface area contributed by atoms with Crippen molar-refractivity contribution in [2.75, 3.05) is 34.1 Å². The standard InChI is InChI=1S/C22H30FN3O3S.HI/c1-6-24-22(25-12-15-7-9-18(23)11-17(15)14-30-5)26-13-16-8-10-19(27-2)21(29-4)20(16)28-3;/h7-11H,6,12-14H2,1-5H3,(H2,24,25,26);1H. The lowest BCUT2D eigenvalue weighted by atomic mass is 10.1.